The zero-order valence-corrected chi connectivity index (χ0v) is 10.5. The largest absolute Gasteiger partial charge is 0.436 e. The van der Waals surface area contributed by atoms with Gasteiger partial charge >= 0.3 is 0 Å². The first-order valence-electron chi connectivity index (χ1n) is 6.43. The molecule has 0 unspecified atom stereocenters. The lowest BCUT2D eigenvalue weighted by atomic mass is 10.3. The van der Waals surface area contributed by atoms with Crippen molar-refractivity contribution in [1.29, 1.82) is 0 Å². The van der Waals surface area contributed by atoms with E-state index in [4.69, 9.17) is 4.74 Å². The minimum Gasteiger partial charge on any atom is -0.436 e. The summed E-state index contributed by atoms with van der Waals surface area (Å²) in [6.07, 6.45) is 2.48. The number of nitrogens with zero attached hydrogens (tertiary/aromatic N) is 1. The Morgan fingerprint density at radius 1 is 1.16 bits per heavy atom. The Bertz CT molecular complexity index is 570. The number of ether oxygens (including phenoxy) is 1. The van der Waals surface area contributed by atoms with E-state index in [0.717, 1.165) is 12.2 Å². The molecule has 0 amide bonds. The zero-order chi connectivity index (χ0) is 13.1. The summed E-state index contributed by atoms with van der Waals surface area (Å²) in [4.78, 5) is 4.36. The number of aromatic nitrogens is 1. The van der Waals surface area contributed by atoms with E-state index in [2.05, 4.69) is 10.3 Å². The van der Waals surface area contributed by atoms with Crippen molar-refractivity contribution in [1.82, 2.24) is 10.3 Å². The number of benzene rings is 1. The molecule has 1 aromatic carbocycles. The summed E-state index contributed by atoms with van der Waals surface area (Å²) < 4.78 is 18.9. The van der Waals surface area contributed by atoms with Crippen molar-refractivity contribution in [2.45, 2.75) is 25.4 Å². The summed E-state index contributed by atoms with van der Waals surface area (Å²) >= 11 is 0. The summed E-state index contributed by atoms with van der Waals surface area (Å²) in [7, 11) is 0. The predicted octanol–water partition coefficient (Wildman–Crippen LogP) is 3.27. The molecule has 0 spiro atoms. The highest BCUT2D eigenvalue weighted by molar-refractivity contribution is 5.28. The fourth-order valence-electron chi connectivity index (χ4n) is 1.79. The number of pyridine rings is 1. The Morgan fingerprint density at radius 3 is 2.79 bits per heavy atom. The maximum absolute atomic E-state index is 13.5. The van der Waals surface area contributed by atoms with Gasteiger partial charge in [0, 0.05) is 18.7 Å². The first kappa shape index (κ1) is 12.1. The number of para-hydroxylation sites is 1. The van der Waals surface area contributed by atoms with Crippen LogP contribution in [0.1, 0.15) is 18.5 Å². The van der Waals surface area contributed by atoms with Gasteiger partial charge in [0.05, 0.1) is 5.69 Å². The van der Waals surface area contributed by atoms with E-state index in [9.17, 15) is 4.39 Å². The SMILES string of the molecule is Fc1ccccc1Oc1cccc(CNC2CC2)n1. The Kier molecular flexibility index (Phi) is 3.42. The van der Waals surface area contributed by atoms with Crippen LogP contribution in [0.2, 0.25) is 0 Å². The van der Waals surface area contributed by atoms with Crippen LogP contribution in [-0.2, 0) is 6.54 Å². The maximum atomic E-state index is 13.5. The molecular weight excluding hydrogens is 243 g/mol. The van der Waals surface area contributed by atoms with E-state index >= 15 is 0 Å². The fourth-order valence-corrected chi connectivity index (χ4v) is 1.79. The summed E-state index contributed by atoms with van der Waals surface area (Å²) in [5.41, 5.74) is 0.903. The maximum Gasteiger partial charge on any atom is 0.219 e. The highest BCUT2D eigenvalue weighted by Crippen LogP contribution is 2.23. The normalized spacial score (nSPS) is 14.4. The molecule has 1 fully saturated rings. The second-order valence-corrected chi connectivity index (χ2v) is 4.65. The van der Waals surface area contributed by atoms with Crippen LogP contribution in [0.15, 0.2) is 42.5 Å². The lowest BCUT2D eigenvalue weighted by Gasteiger charge is -2.07. The van der Waals surface area contributed by atoms with Gasteiger partial charge in [-0.15, -0.1) is 0 Å². The van der Waals surface area contributed by atoms with Gasteiger partial charge in [0.15, 0.2) is 11.6 Å². The first-order valence-corrected chi connectivity index (χ1v) is 6.43. The van der Waals surface area contributed by atoms with Gasteiger partial charge in [0.1, 0.15) is 0 Å². The predicted molar refractivity (Wildman–Crippen MR) is 70.6 cm³/mol. The molecule has 4 heteroatoms. The molecule has 1 aromatic heterocycles. The van der Waals surface area contributed by atoms with Crippen molar-refractivity contribution >= 4 is 0 Å². The molecule has 0 aliphatic heterocycles. The molecule has 0 saturated heterocycles. The van der Waals surface area contributed by atoms with E-state index < -0.39 is 0 Å². The molecule has 0 bridgehead atoms. The van der Waals surface area contributed by atoms with Crippen molar-refractivity contribution in [3.05, 3.63) is 54.0 Å². The first-order chi connectivity index (χ1) is 9.31. The van der Waals surface area contributed by atoms with Crippen LogP contribution in [0.5, 0.6) is 11.6 Å². The monoisotopic (exact) mass is 258 g/mol. The van der Waals surface area contributed by atoms with Crippen LogP contribution in [0.25, 0.3) is 0 Å². The van der Waals surface area contributed by atoms with E-state index in [1.807, 2.05) is 12.1 Å². The average Bonchev–Trinajstić information content (AvgIpc) is 3.24. The summed E-state index contributed by atoms with van der Waals surface area (Å²) in [6.45, 7) is 0.721. The number of hydrogen-bond acceptors (Lipinski definition) is 3. The fraction of sp³-hybridized carbons (Fsp3) is 0.267. The third kappa shape index (κ3) is 3.29. The number of halogens is 1. The molecule has 2 aromatic rings. The van der Waals surface area contributed by atoms with Crippen molar-refractivity contribution in [2.75, 3.05) is 0 Å². The van der Waals surface area contributed by atoms with E-state index in [-0.39, 0.29) is 11.6 Å². The van der Waals surface area contributed by atoms with Crippen molar-refractivity contribution < 1.29 is 9.13 Å². The summed E-state index contributed by atoms with van der Waals surface area (Å²) in [5, 5.41) is 3.38. The third-order valence-corrected chi connectivity index (χ3v) is 2.98. The van der Waals surface area contributed by atoms with Gasteiger partial charge in [-0.2, -0.15) is 0 Å². The zero-order valence-electron chi connectivity index (χ0n) is 10.5. The molecule has 3 rings (SSSR count). The molecule has 1 aliphatic carbocycles. The molecule has 3 nitrogen and oxygen atoms in total. The Morgan fingerprint density at radius 2 is 2.00 bits per heavy atom. The third-order valence-electron chi connectivity index (χ3n) is 2.98. The van der Waals surface area contributed by atoms with Crippen molar-refractivity contribution in [3.8, 4) is 11.6 Å². The van der Waals surface area contributed by atoms with E-state index in [0.29, 0.717) is 11.9 Å². The number of hydrogen-bond donors (Lipinski definition) is 1. The van der Waals surface area contributed by atoms with Gasteiger partial charge in [-0.1, -0.05) is 18.2 Å². The van der Waals surface area contributed by atoms with Crippen LogP contribution < -0.4 is 10.1 Å². The second kappa shape index (κ2) is 5.36. The average molecular weight is 258 g/mol. The molecular formula is C15H15FN2O. The second-order valence-electron chi connectivity index (χ2n) is 4.65. The minimum atomic E-state index is -0.384. The standard InChI is InChI=1S/C15H15FN2O/c16-13-5-1-2-6-14(13)19-15-7-3-4-12(18-15)10-17-11-8-9-11/h1-7,11,17H,8-10H2. The number of nitrogens with one attached hydrogen (secondary N) is 1. The Hall–Kier alpha value is -1.94. The Labute approximate surface area is 111 Å². The molecule has 0 radical (unpaired) electrons. The van der Waals surface area contributed by atoms with Crippen LogP contribution in [0.3, 0.4) is 0 Å². The van der Waals surface area contributed by atoms with Crippen molar-refractivity contribution in [3.63, 3.8) is 0 Å². The molecule has 98 valence electrons. The highest BCUT2D eigenvalue weighted by atomic mass is 19.1. The van der Waals surface area contributed by atoms with Gasteiger partial charge in [0.2, 0.25) is 5.88 Å². The topological polar surface area (TPSA) is 34.1 Å². The van der Waals surface area contributed by atoms with Gasteiger partial charge in [-0.25, -0.2) is 9.37 Å². The van der Waals surface area contributed by atoms with Gasteiger partial charge in [-0.05, 0) is 31.0 Å². The van der Waals surface area contributed by atoms with Crippen molar-refractivity contribution in [2.24, 2.45) is 0 Å². The quantitative estimate of drug-likeness (QED) is 0.893. The van der Waals surface area contributed by atoms with Crippen LogP contribution in [0, 0.1) is 5.82 Å². The van der Waals surface area contributed by atoms with Gasteiger partial charge in [0.25, 0.3) is 0 Å². The smallest absolute Gasteiger partial charge is 0.219 e. The number of rotatable bonds is 5. The molecule has 1 saturated carbocycles. The molecule has 19 heavy (non-hydrogen) atoms. The van der Waals surface area contributed by atoms with Gasteiger partial charge < -0.3 is 10.1 Å². The summed E-state index contributed by atoms with van der Waals surface area (Å²) in [6, 6.07) is 12.5. The molecule has 0 atom stereocenters. The Balaban J connectivity index is 1.70. The summed E-state index contributed by atoms with van der Waals surface area (Å²) in [5.74, 6) is 0.230. The lowest BCUT2D eigenvalue weighted by Crippen LogP contribution is -2.16. The minimum absolute atomic E-state index is 0.197. The van der Waals surface area contributed by atoms with E-state index in [1.165, 1.54) is 18.9 Å². The molecule has 1 heterocycles. The van der Waals surface area contributed by atoms with Crippen LogP contribution in [0.4, 0.5) is 4.39 Å². The highest BCUT2D eigenvalue weighted by Gasteiger charge is 2.20. The van der Waals surface area contributed by atoms with Gasteiger partial charge in [-0.3, -0.25) is 0 Å². The molecule has 1 N–H and O–H groups in total. The molecule has 1 aliphatic rings. The van der Waals surface area contributed by atoms with Crippen LogP contribution in [-0.4, -0.2) is 11.0 Å². The lowest BCUT2D eigenvalue weighted by molar-refractivity contribution is 0.425. The van der Waals surface area contributed by atoms with Crippen LogP contribution >= 0.6 is 0 Å². The van der Waals surface area contributed by atoms with E-state index in [1.54, 1.807) is 24.3 Å².